The number of likely N-dealkylation sites (N-methyl/N-ethyl adjacent to an activating group) is 1. The molecule has 0 amide bonds. The molecule has 124 valence electrons. The average molecular weight is 312 g/mol. The van der Waals surface area contributed by atoms with Crippen LogP contribution in [-0.2, 0) is 13.6 Å². The molecule has 2 aromatic rings. The Bertz CT molecular complexity index is 616. The molecule has 23 heavy (non-hydrogen) atoms. The summed E-state index contributed by atoms with van der Waals surface area (Å²) in [6, 6.07) is 11.2. The monoisotopic (exact) mass is 312 g/mol. The van der Waals surface area contributed by atoms with Crippen molar-refractivity contribution >= 4 is 0 Å². The molecule has 0 saturated carbocycles. The van der Waals surface area contributed by atoms with E-state index in [-0.39, 0.29) is 0 Å². The van der Waals surface area contributed by atoms with Crippen LogP contribution in [0.5, 0.6) is 0 Å². The molecular formula is C19H28N4. The molecule has 1 aliphatic heterocycles. The lowest BCUT2D eigenvalue weighted by atomic mass is 10.1. The first-order chi connectivity index (χ1) is 11.2. The molecular weight excluding hydrogens is 284 g/mol. The predicted molar refractivity (Wildman–Crippen MR) is 95.2 cm³/mol. The van der Waals surface area contributed by atoms with Gasteiger partial charge < -0.3 is 0 Å². The van der Waals surface area contributed by atoms with E-state index in [9.17, 15) is 0 Å². The molecule has 1 saturated heterocycles. The van der Waals surface area contributed by atoms with E-state index in [1.54, 1.807) is 0 Å². The second-order valence-electron chi connectivity index (χ2n) is 6.44. The van der Waals surface area contributed by atoms with Crippen molar-refractivity contribution in [2.75, 3.05) is 26.2 Å². The molecule has 0 spiro atoms. The van der Waals surface area contributed by atoms with Crippen LogP contribution in [0.4, 0.5) is 0 Å². The Morgan fingerprint density at radius 2 is 1.91 bits per heavy atom. The molecule has 0 aliphatic carbocycles. The summed E-state index contributed by atoms with van der Waals surface area (Å²) in [5.74, 6) is 0. The SMILES string of the molecule is CCN(CC)[C@H]1CCN(Cc2cn(C)nc2-c2ccccc2)C1. The third-order valence-electron chi connectivity index (χ3n) is 4.92. The average Bonchev–Trinajstić information content (AvgIpc) is 3.17. The van der Waals surface area contributed by atoms with Crippen LogP contribution in [0.15, 0.2) is 36.5 Å². The summed E-state index contributed by atoms with van der Waals surface area (Å²) in [5, 5.41) is 4.69. The van der Waals surface area contributed by atoms with Gasteiger partial charge in [-0.2, -0.15) is 5.10 Å². The number of hydrogen-bond acceptors (Lipinski definition) is 3. The van der Waals surface area contributed by atoms with Crippen LogP contribution in [-0.4, -0.2) is 51.8 Å². The van der Waals surface area contributed by atoms with Gasteiger partial charge in [-0.3, -0.25) is 14.5 Å². The minimum atomic E-state index is 0.710. The van der Waals surface area contributed by atoms with Crippen molar-refractivity contribution in [2.45, 2.75) is 32.9 Å². The molecule has 4 nitrogen and oxygen atoms in total. The van der Waals surface area contributed by atoms with Crippen LogP contribution >= 0.6 is 0 Å². The fourth-order valence-corrected chi connectivity index (χ4v) is 3.73. The molecule has 3 rings (SSSR count). The van der Waals surface area contributed by atoms with Gasteiger partial charge >= 0.3 is 0 Å². The maximum atomic E-state index is 4.69. The number of hydrogen-bond donors (Lipinski definition) is 0. The highest BCUT2D eigenvalue weighted by Gasteiger charge is 2.27. The lowest BCUT2D eigenvalue weighted by Crippen LogP contribution is -2.37. The molecule has 4 heteroatoms. The third-order valence-corrected chi connectivity index (χ3v) is 4.92. The van der Waals surface area contributed by atoms with Crippen molar-refractivity contribution in [3.05, 3.63) is 42.1 Å². The van der Waals surface area contributed by atoms with Crippen molar-refractivity contribution < 1.29 is 0 Å². The van der Waals surface area contributed by atoms with Gasteiger partial charge in [0.05, 0.1) is 5.69 Å². The third kappa shape index (κ3) is 3.65. The first-order valence-electron chi connectivity index (χ1n) is 8.75. The summed E-state index contributed by atoms with van der Waals surface area (Å²) in [5.41, 5.74) is 3.67. The standard InChI is InChI=1S/C19H28N4/c1-4-23(5-2)18-11-12-22(15-18)14-17-13-21(3)20-19(17)16-9-7-6-8-10-16/h6-10,13,18H,4-5,11-12,14-15H2,1-3H3/t18-/m0/s1. The van der Waals surface area contributed by atoms with E-state index >= 15 is 0 Å². The van der Waals surface area contributed by atoms with E-state index in [1.165, 1.54) is 30.6 Å². The van der Waals surface area contributed by atoms with Crippen LogP contribution in [0.25, 0.3) is 11.3 Å². The Balaban J connectivity index is 1.72. The van der Waals surface area contributed by atoms with Gasteiger partial charge in [-0.15, -0.1) is 0 Å². The Hall–Kier alpha value is -1.65. The summed E-state index contributed by atoms with van der Waals surface area (Å²) in [6.07, 6.45) is 3.45. The Kier molecular flexibility index (Phi) is 5.13. The zero-order valence-corrected chi connectivity index (χ0v) is 14.6. The highest BCUT2D eigenvalue weighted by molar-refractivity contribution is 5.62. The molecule has 0 unspecified atom stereocenters. The van der Waals surface area contributed by atoms with Crippen molar-refractivity contribution in [3.63, 3.8) is 0 Å². The maximum Gasteiger partial charge on any atom is 0.0968 e. The minimum Gasteiger partial charge on any atom is -0.300 e. The molecule has 1 fully saturated rings. The van der Waals surface area contributed by atoms with Gasteiger partial charge in [0.2, 0.25) is 0 Å². The number of aryl methyl sites for hydroxylation is 1. The second-order valence-corrected chi connectivity index (χ2v) is 6.44. The normalized spacial score (nSPS) is 18.9. The molecule has 2 heterocycles. The van der Waals surface area contributed by atoms with Crippen LogP contribution in [0.2, 0.25) is 0 Å². The van der Waals surface area contributed by atoms with Crippen molar-refractivity contribution in [3.8, 4) is 11.3 Å². The molecule has 1 atom stereocenters. The van der Waals surface area contributed by atoms with E-state index in [0.29, 0.717) is 6.04 Å². The number of aromatic nitrogens is 2. The van der Waals surface area contributed by atoms with E-state index in [4.69, 9.17) is 0 Å². The van der Waals surface area contributed by atoms with Crippen molar-refractivity contribution in [2.24, 2.45) is 7.05 Å². The molecule has 1 aromatic heterocycles. The largest absolute Gasteiger partial charge is 0.300 e. The minimum absolute atomic E-state index is 0.710. The van der Waals surface area contributed by atoms with Crippen molar-refractivity contribution in [1.29, 1.82) is 0 Å². The van der Waals surface area contributed by atoms with Gasteiger partial charge in [0.1, 0.15) is 0 Å². The highest BCUT2D eigenvalue weighted by Crippen LogP contribution is 2.25. The van der Waals surface area contributed by atoms with E-state index in [0.717, 1.165) is 25.3 Å². The van der Waals surface area contributed by atoms with Crippen LogP contribution in [0.1, 0.15) is 25.8 Å². The Labute approximate surface area is 139 Å². The first kappa shape index (κ1) is 16.2. The summed E-state index contributed by atoms with van der Waals surface area (Å²) in [4.78, 5) is 5.16. The smallest absolute Gasteiger partial charge is 0.0968 e. The van der Waals surface area contributed by atoms with E-state index < -0.39 is 0 Å². The van der Waals surface area contributed by atoms with Gasteiger partial charge in [0.25, 0.3) is 0 Å². The Morgan fingerprint density at radius 1 is 1.17 bits per heavy atom. The van der Waals surface area contributed by atoms with Crippen molar-refractivity contribution in [1.82, 2.24) is 19.6 Å². The fourth-order valence-electron chi connectivity index (χ4n) is 3.73. The van der Waals surface area contributed by atoms with Gasteiger partial charge in [0, 0.05) is 50.0 Å². The van der Waals surface area contributed by atoms with Crippen LogP contribution in [0, 0.1) is 0 Å². The second kappa shape index (κ2) is 7.28. The molecule has 0 bridgehead atoms. The van der Waals surface area contributed by atoms with E-state index in [1.807, 2.05) is 11.7 Å². The summed E-state index contributed by atoms with van der Waals surface area (Å²) >= 11 is 0. The predicted octanol–water partition coefficient (Wildman–Crippen LogP) is 3.00. The number of nitrogens with zero attached hydrogens (tertiary/aromatic N) is 4. The molecule has 0 N–H and O–H groups in total. The molecule has 1 aromatic carbocycles. The lowest BCUT2D eigenvalue weighted by Gasteiger charge is -2.26. The van der Waals surface area contributed by atoms with Gasteiger partial charge in [0.15, 0.2) is 0 Å². The van der Waals surface area contributed by atoms with E-state index in [2.05, 4.69) is 65.3 Å². The van der Waals surface area contributed by atoms with Crippen LogP contribution in [0.3, 0.4) is 0 Å². The topological polar surface area (TPSA) is 24.3 Å². The summed E-state index contributed by atoms with van der Waals surface area (Å²) in [6.45, 7) is 10.2. The zero-order chi connectivity index (χ0) is 16.2. The first-order valence-corrected chi connectivity index (χ1v) is 8.75. The number of benzene rings is 1. The molecule has 0 radical (unpaired) electrons. The number of likely N-dealkylation sites (tertiary alicyclic amines) is 1. The summed E-state index contributed by atoms with van der Waals surface area (Å²) in [7, 11) is 2.01. The number of rotatable bonds is 6. The van der Waals surface area contributed by atoms with Gasteiger partial charge in [-0.1, -0.05) is 44.2 Å². The van der Waals surface area contributed by atoms with Gasteiger partial charge in [-0.05, 0) is 19.5 Å². The lowest BCUT2D eigenvalue weighted by molar-refractivity contribution is 0.209. The van der Waals surface area contributed by atoms with Gasteiger partial charge in [-0.25, -0.2) is 0 Å². The quantitative estimate of drug-likeness (QED) is 0.819. The summed E-state index contributed by atoms with van der Waals surface area (Å²) < 4.78 is 1.94. The Morgan fingerprint density at radius 3 is 2.61 bits per heavy atom. The van der Waals surface area contributed by atoms with Crippen LogP contribution < -0.4 is 0 Å². The fraction of sp³-hybridized carbons (Fsp3) is 0.526. The highest BCUT2D eigenvalue weighted by atomic mass is 15.3. The zero-order valence-electron chi connectivity index (χ0n) is 14.6. The molecule has 1 aliphatic rings. The maximum absolute atomic E-state index is 4.69.